The molecule has 1 heterocycles. The van der Waals surface area contributed by atoms with E-state index in [0.29, 0.717) is 19.1 Å². The number of nitrogens with one attached hydrogen (secondary N) is 2. The van der Waals surface area contributed by atoms with Crippen LogP contribution in [0.5, 0.6) is 5.75 Å². The zero-order valence-electron chi connectivity index (χ0n) is 14.5. The first kappa shape index (κ1) is 16.8. The van der Waals surface area contributed by atoms with E-state index in [9.17, 15) is 0 Å². The summed E-state index contributed by atoms with van der Waals surface area (Å²) in [6.07, 6.45) is 1.74. The lowest BCUT2D eigenvalue weighted by Crippen LogP contribution is -2.05. The highest BCUT2D eigenvalue weighted by Gasteiger charge is 2.01. The standard InChI is InChI=1S/C20H22N4O/c1-3-25-18-9-7-17(8-10-18)23-19-11-12-21-20(24-19)22-14-16-6-4-5-15(2)13-16/h4-13H,3,14H2,1-2H3,(H2,21,22,23,24). The Hall–Kier alpha value is -3.08. The fourth-order valence-electron chi connectivity index (χ4n) is 2.47. The van der Waals surface area contributed by atoms with Gasteiger partial charge in [0.1, 0.15) is 11.6 Å². The first-order valence-electron chi connectivity index (χ1n) is 8.35. The predicted octanol–water partition coefficient (Wildman–Crippen LogP) is 4.54. The molecular weight excluding hydrogens is 312 g/mol. The molecule has 0 fully saturated rings. The van der Waals surface area contributed by atoms with Gasteiger partial charge in [0.25, 0.3) is 0 Å². The minimum absolute atomic E-state index is 0.595. The molecule has 0 spiro atoms. The monoisotopic (exact) mass is 334 g/mol. The summed E-state index contributed by atoms with van der Waals surface area (Å²) in [5.41, 5.74) is 3.39. The van der Waals surface area contributed by atoms with Crippen LogP contribution in [0, 0.1) is 6.92 Å². The summed E-state index contributed by atoms with van der Waals surface area (Å²) >= 11 is 0. The second kappa shape index (κ2) is 8.15. The molecule has 2 N–H and O–H groups in total. The number of anilines is 3. The van der Waals surface area contributed by atoms with Crippen LogP contribution in [0.1, 0.15) is 18.1 Å². The van der Waals surface area contributed by atoms with Crippen LogP contribution in [-0.2, 0) is 6.54 Å². The number of ether oxygens (including phenoxy) is 1. The molecule has 5 nitrogen and oxygen atoms in total. The van der Waals surface area contributed by atoms with E-state index in [-0.39, 0.29) is 0 Å². The van der Waals surface area contributed by atoms with Crippen molar-refractivity contribution < 1.29 is 4.74 Å². The Balaban J connectivity index is 1.62. The van der Waals surface area contributed by atoms with Crippen LogP contribution < -0.4 is 15.4 Å². The largest absolute Gasteiger partial charge is 0.494 e. The minimum Gasteiger partial charge on any atom is -0.494 e. The first-order chi connectivity index (χ1) is 12.2. The van der Waals surface area contributed by atoms with Crippen molar-refractivity contribution in [1.82, 2.24) is 9.97 Å². The molecule has 0 atom stereocenters. The molecule has 0 bridgehead atoms. The molecule has 25 heavy (non-hydrogen) atoms. The van der Waals surface area contributed by atoms with Crippen molar-refractivity contribution in [1.29, 1.82) is 0 Å². The van der Waals surface area contributed by atoms with Gasteiger partial charge in [-0.3, -0.25) is 0 Å². The lowest BCUT2D eigenvalue weighted by Gasteiger charge is -2.09. The van der Waals surface area contributed by atoms with E-state index in [1.807, 2.05) is 37.3 Å². The van der Waals surface area contributed by atoms with Crippen molar-refractivity contribution in [2.24, 2.45) is 0 Å². The average molecular weight is 334 g/mol. The van der Waals surface area contributed by atoms with Crippen molar-refractivity contribution in [3.8, 4) is 5.75 Å². The molecule has 128 valence electrons. The molecule has 1 aromatic heterocycles. The highest BCUT2D eigenvalue weighted by molar-refractivity contribution is 5.57. The van der Waals surface area contributed by atoms with E-state index in [1.54, 1.807) is 6.20 Å². The number of aromatic nitrogens is 2. The number of hydrogen-bond donors (Lipinski definition) is 2. The molecule has 0 unspecified atom stereocenters. The molecule has 0 radical (unpaired) electrons. The Labute approximate surface area is 148 Å². The average Bonchev–Trinajstić information content (AvgIpc) is 2.62. The Morgan fingerprint density at radius 2 is 1.88 bits per heavy atom. The Kier molecular flexibility index (Phi) is 5.46. The maximum Gasteiger partial charge on any atom is 0.224 e. The smallest absolute Gasteiger partial charge is 0.224 e. The fourth-order valence-corrected chi connectivity index (χ4v) is 2.47. The van der Waals surface area contributed by atoms with Crippen LogP contribution in [0.4, 0.5) is 17.5 Å². The van der Waals surface area contributed by atoms with Crippen LogP contribution in [0.3, 0.4) is 0 Å². The van der Waals surface area contributed by atoms with Crippen LogP contribution in [0.15, 0.2) is 60.8 Å². The van der Waals surface area contributed by atoms with Crippen LogP contribution >= 0.6 is 0 Å². The van der Waals surface area contributed by atoms with Gasteiger partial charge in [0.15, 0.2) is 0 Å². The van der Waals surface area contributed by atoms with Gasteiger partial charge in [-0.05, 0) is 49.7 Å². The molecular formula is C20H22N4O. The number of hydrogen-bond acceptors (Lipinski definition) is 5. The van der Waals surface area contributed by atoms with Gasteiger partial charge < -0.3 is 15.4 Å². The molecule has 0 aliphatic carbocycles. The number of nitrogens with zero attached hydrogens (tertiary/aromatic N) is 2. The predicted molar refractivity (Wildman–Crippen MR) is 101 cm³/mol. The highest BCUT2D eigenvalue weighted by atomic mass is 16.5. The molecule has 3 aromatic rings. The van der Waals surface area contributed by atoms with Crippen molar-refractivity contribution in [2.75, 3.05) is 17.2 Å². The van der Waals surface area contributed by atoms with Gasteiger partial charge in [-0.1, -0.05) is 29.8 Å². The summed E-state index contributed by atoms with van der Waals surface area (Å²) in [6.45, 7) is 5.41. The van der Waals surface area contributed by atoms with Gasteiger partial charge in [-0.25, -0.2) is 4.98 Å². The zero-order chi connectivity index (χ0) is 17.5. The molecule has 2 aromatic carbocycles. The SMILES string of the molecule is CCOc1ccc(Nc2ccnc(NCc3cccc(C)c3)n2)cc1. The van der Waals surface area contributed by atoms with E-state index in [1.165, 1.54) is 11.1 Å². The molecule has 5 heteroatoms. The van der Waals surface area contributed by atoms with Gasteiger partial charge >= 0.3 is 0 Å². The second-order valence-corrected chi connectivity index (χ2v) is 5.69. The third-order valence-corrected chi connectivity index (χ3v) is 3.63. The van der Waals surface area contributed by atoms with Crippen molar-refractivity contribution in [2.45, 2.75) is 20.4 Å². The van der Waals surface area contributed by atoms with Gasteiger partial charge in [0.2, 0.25) is 5.95 Å². The van der Waals surface area contributed by atoms with Crippen LogP contribution in [0.2, 0.25) is 0 Å². The molecule has 0 aliphatic rings. The van der Waals surface area contributed by atoms with Crippen molar-refractivity contribution in [3.05, 3.63) is 71.9 Å². The lowest BCUT2D eigenvalue weighted by atomic mass is 10.1. The van der Waals surface area contributed by atoms with E-state index < -0.39 is 0 Å². The Morgan fingerprint density at radius 3 is 2.64 bits per heavy atom. The zero-order valence-corrected chi connectivity index (χ0v) is 14.5. The third kappa shape index (κ3) is 4.94. The second-order valence-electron chi connectivity index (χ2n) is 5.69. The van der Waals surface area contributed by atoms with E-state index in [2.05, 4.69) is 51.8 Å². The van der Waals surface area contributed by atoms with Crippen molar-refractivity contribution >= 4 is 17.5 Å². The van der Waals surface area contributed by atoms with Gasteiger partial charge in [0.05, 0.1) is 6.61 Å². The van der Waals surface area contributed by atoms with Crippen LogP contribution in [-0.4, -0.2) is 16.6 Å². The summed E-state index contributed by atoms with van der Waals surface area (Å²) < 4.78 is 5.45. The molecule has 0 saturated carbocycles. The summed E-state index contributed by atoms with van der Waals surface area (Å²) in [6, 6.07) is 18.0. The first-order valence-corrected chi connectivity index (χ1v) is 8.35. The minimum atomic E-state index is 0.595. The summed E-state index contributed by atoms with van der Waals surface area (Å²) in [5.74, 6) is 2.19. The maximum atomic E-state index is 5.45. The topological polar surface area (TPSA) is 59.1 Å². The summed E-state index contributed by atoms with van der Waals surface area (Å²) in [7, 11) is 0. The number of rotatable bonds is 7. The lowest BCUT2D eigenvalue weighted by molar-refractivity contribution is 0.340. The molecule has 0 amide bonds. The quantitative estimate of drug-likeness (QED) is 0.664. The van der Waals surface area contributed by atoms with Crippen molar-refractivity contribution in [3.63, 3.8) is 0 Å². The summed E-state index contributed by atoms with van der Waals surface area (Å²) in [4.78, 5) is 8.77. The third-order valence-electron chi connectivity index (χ3n) is 3.63. The van der Waals surface area contributed by atoms with Gasteiger partial charge in [-0.15, -0.1) is 0 Å². The van der Waals surface area contributed by atoms with E-state index in [4.69, 9.17) is 4.74 Å². The van der Waals surface area contributed by atoms with Gasteiger partial charge in [-0.2, -0.15) is 4.98 Å². The molecule has 0 aliphatic heterocycles. The summed E-state index contributed by atoms with van der Waals surface area (Å²) in [5, 5.41) is 6.53. The normalized spacial score (nSPS) is 10.3. The van der Waals surface area contributed by atoms with E-state index >= 15 is 0 Å². The highest BCUT2D eigenvalue weighted by Crippen LogP contribution is 2.19. The fraction of sp³-hybridized carbons (Fsp3) is 0.200. The van der Waals surface area contributed by atoms with Crippen LogP contribution in [0.25, 0.3) is 0 Å². The molecule has 0 saturated heterocycles. The number of aryl methyl sites for hydroxylation is 1. The number of benzene rings is 2. The Morgan fingerprint density at radius 1 is 1.04 bits per heavy atom. The maximum absolute atomic E-state index is 5.45. The molecule has 3 rings (SSSR count). The van der Waals surface area contributed by atoms with E-state index in [0.717, 1.165) is 17.3 Å². The van der Waals surface area contributed by atoms with Gasteiger partial charge in [0, 0.05) is 18.4 Å². The Bertz CT molecular complexity index is 818.